The molecule has 0 aromatic heterocycles. The van der Waals surface area contributed by atoms with Crippen molar-refractivity contribution in [1.29, 1.82) is 0 Å². The van der Waals surface area contributed by atoms with Crippen LogP contribution < -0.4 is 10.6 Å². The second-order valence-electron chi connectivity index (χ2n) is 5.62. The molecule has 0 saturated carbocycles. The van der Waals surface area contributed by atoms with E-state index in [9.17, 15) is 4.79 Å². The van der Waals surface area contributed by atoms with Gasteiger partial charge in [-0.3, -0.25) is 9.69 Å². The number of carbonyl (C=O) groups excluding carboxylic acids is 1. The maximum absolute atomic E-state index is 11.6. The molecule has 2 N–H and O–H groups in total. The minimum atomic E-state index is 0.0983. The van der Waals surface area contributed by atoms with Crippen molar-refractivity contribution in [3.05, 3.63) is 35.9 Å². The highest BCUT2D eigenvalue weighted by atomic mass is 16.1. The number of likely N-dealkylation sites (tertiary alicyclic amines) is 1. The topological polar surface area (TPSA) is 44.4 Å². The summed E-state index contributed by atoms with van der Waals surface area (Å²) < 4.78 is 0. The van der Waals surface area contributed by atoms with Crippen molar-refractivity contribution in [3.8, 4) is 0 Å². The maximum Gasteiger partial charge on any atom is 0.234 e. The highest BCUT2D eigenvalue weighted by molar-refractivity contribution is 5.78. The SMILES string of the molecule is CNCC(=O)N[C@@H]1CCN(Cc2ccccc2)[C@@H](C)C1. The predicted octanol–water partition coefficient (Wildman–Crippen LogP) is 1.38. The molecule has 0 spiro atoms. The predicted molar refractivity (Wildman–Crippen MR) is 81.4 cm³/mol. The van der Waals surface area contributed by atoms with Crippen LogP contribution in [0.1, 0.15) is 25.3 Å². The fraction of sp³-hybridized carbons (Fsp3) is 0.562. The minimum absolute atomic E-state index is 0.0983. The van der Waals surface area contributed by atoms with Crippen LogP contribution in [0.5, 0.6) is 0 Å². The molecule has 20 heavy (non-hydrogen) atoms. The van der Waals surface area contributed by atoms with Gasteiger partial charge in [0.2, 0.25) is 5.91 Å². The molecule has 1 aliphatic rings. The smallest absolute Gasteiger partial charge is 0.234 e. The van der Waals surface area contributed by atoms with Crippen LogP contribution in [0.3, 0.4) is 0 Å². The zero-order valence-corrected chi connectivity index (χ0v) is 12.4. The average Bonchev–Trinajstić information content (AvgIpc) is 2.43. The van der Waals surface area contributed by atoms with E-state index in [1.807, 2.05) is 0 Å². The summed E-state index contributed by atoms with van der Waals surface area (Å²) in [5.74, 6) is 0.0983. The molecule has 1 saturated heterocycles. The second-order valence-corrected chi connectivity index (χ2v) is 5.62. The number of benzene rings is 1. The van der Waals surface area contributed by atoms with Crippen LogP contribution in [0.2, 0.25) is 0 Å². The van der Waals surface area contributed by atoms with Gasteiger partial charge in [-0.25, -0.2) is 0 Å². The number of nitrogens with one attached hydrogen (secondary N) is 2. The summed E-state index contributed by atoms with van der Waals surface area (Å²) in [5, 5.41) is 5.99. The van der Waals surface area contributed by atoms with Crippen molar-refractivity contribution < 1.29 is 4.79 Å². The number of rotatable bonds is 5. The number of hydrogen-bond acceptors (Lipinski definition) is 3. The minimum Gasteiger partial charge on any atom is -0.352 e. The Morgan fingerprint density at radius 2 is 2.10 bits per heavy atom. The van der Waals surface area contributed by atoms with Crippen LogP contribution in [-0.4, -0.2) is 43.0 Å². The first-order chi connectivity index (χ1) is 9.69. The Labute approximate surface area is 121 Å². The highest BCUT2D eigenvalue weighted by Crippen LogP contribution is 2.19. The van der Waals surface area contributed by atoms with E-state index in [0.717, 1.165) is 25.9 Å². The Kier molecular flexibility index (Phi) is 5.56. The Hall–Kier alpha value is -1.39. The van der Waals surface area contributed by atoms with E-state index in [2.05, 4.69) is 52.8 Å². The zero-order chi connectivity index (χ0) is 14.4. The van der Waals surface area contributed by atoms with E-state index in [0.29, 0.717) is 18.6 Å². The van der Waals surface area contributed by atoms with Crippen LogP contribution in [0.4, 0.5) is 0 Å². The van der Waals surface area contributed by atoms with Crippen molar-refractivity contribution in [2.24, 2.45) is 0 Å². The number of likely N-dealkylation sites (N-methyl/N-ethyl adjacent to an activating group) is 1. The van der Waals surface area contributed by atoms with Gasteiger partial charge in [-0.15, -0.1) is 0 Å². The third-order valence-electron chi connectivity index (χ3n) is 3.94. The molecule has 2 atom stereocenters. The van der Waals surface area contributed by atoms with E-state index >= 15 is 0 Å². The molecule has 1 amide bonds. The summed E-state index contributed by atoms with van der Waals surface area (Å²) in [6.45, 7) is 4.69. The summed E-state index contributed by atoms with van der Waals surface area (Å²) in [7, 11) is 1.80. The van der Waals surface area contributed by atoms with Gasteiger partial charge in [0.05, 0.1) is 6.54 Å². The van der Waals surface area contributed by atoms with Gasteiger partial charge in [0.1, 0.15) is 0 Å². The van der Waals surface area contributed by atoms with Crippen molar-refractivity contribution in [1.82, 2.24) is 15.5 Å². The normalized spacial score (nSPS) is 23.5. The Morgan fingerprint density at radius 1 is 1.35 bits per heavy atom. The van der Waals surface area contributed by atoms with Crippen molar-refractivity contribution in [3.63, 3.8) is 0 Å². The quantitative estimate of drug-likeness (QED) is 0.853. The summed E-state index contributed by atoms with van der Waals surface area (Å²) >= 11 is 0. The van der Waals surface area contributed by atoms with Crippen molar-refractivity contribution >= 4 is 5.91 Å². The Morgan fingerprint density at radius 3 is 2.75 bits per heavy atom. The van der Waals surface area contributed by atoms with Gasteiger partial charge < -0.3 is 10.6 Å². The molecular weight excluding hydrogens is 250 g/mol. The fourth-order valence-electron chi connectivity index (χ4n) is 2.84. The molecule has 4 heteroatoms. The molecular formula is C16H25N3O. The molecule has 1 aromatic rings. The van der Waals surface area contributed by atoms with E-state index in [4.69, 9.17) is 0 Å². The number of nitrogens with zero attached hydrogens (tertiary/aromatic N) is 1. The molecule has 1 aromatic carbocycles. The van der Waals surface area contributed by atoms with Crippen LogP contribution >= 0.6 is 0 Å². The van der Waals surface area contributed by atoms with Crippen LogP contribution in [0.15, 0.2) is 30.3 Å². The first kappa shape index (κ1) is 15.0. The van der Waals surface area contributed by atoms with Gasteiger partial charge >= 0.3 is 0 Å². The van der Waals surface area contributed by atoms with E-state index in [1.165, 1.54) is 5.56 Å². The Bertz CT molecular complexity index is 421. The van der Waals surface area contributed by atoms with Gasteiger partial charge in [-0.05, 0) is 32.4 Å². The summed E-state index contributed by atoms with van der Waals surface area (Å²) in [4.78, 5) is 14.1. The molecule has 1 heterocycles. The largest absolute Gasteiger partial charge is 0.352 e. The van der Waals surface area contributed by atoms with Crippen LogP contribution in [0, 0.1) is 0 Å². The molecule has 110 valence electrons. The lowest BCUT2D eigenvalue weighted by Crippen LogP contribution is -2.49. The standard InChI is InChI=1S/C16H25N3O/c1-13-10-15(18-16(20)11-17-2)8-9-19(13)12-14-6-4-3-5-7-14/h3-7,13,15,17H,8-12H2,1-2H3,(H,18,20)/t13-,15+/m0/s1. The molecule has 0 aliphatic carbocycles. The first-order valence-corrected chi connectivity index (χ1v) is 7.41. The summed E-state index contributed by atoms with van der Waals surface area (Å²) in [5.41, 5.74) is 1.36. The molecule has 0 unspecified atom stereocenters. The van der Waals surface area contributed by atoms with Crippen molar-refractivity contribution in [2.75, 3.05) is 20.1 Å². The third-order valence-corrected chi connectivity index (χ3v) is 3.94. The number of amides is 1. The van der Waals surface area contributed by atoms with Crippen LogP contribution in [0.25, 0.3) is 0 Å². The molecule has 4 nitrogen and oxygen atoms in total. The van der Waals surface area contributed by atoms with Gasteiger partial charge in [0.25, 0.3) is 0 Å². The van der Waals surface area contributed by atoms with E-state index in [-0.39, 0.29) is 5.91 Å². The molecule has 1 aliphatic heterocycles. The van der Waals surface area contributed by atoms with Gasteiger partial charge in [0, 0.05) is 25.2 Å². The number of hydrogen-bond donors (Lipinski definition) is 2. The van der Waals surface area contributed by atoms with Crippen LogP contribution in [-0.2, 0) is 11.3 Å². The molecule has 0 bridgehead atoms. The first-order valence-electron chi connectivity index (χ1n) is 7.41. The maximum atomic E-state index is 11.6. The van der Waals surface area contributed by atoms with Gasteiger partial charge in [-0.2, -0.15) is 0 Å². The molecule has 0 radical (unpaired) electrons. The molecule has 1 fully saturated rings. The van der Waals surface area contributed by atoms with E-state index in [1.54, 1.807) is 7.05 Å². The number of piperidine rings is 1. The lowest BCUT2D eigenvalue weighted by atomic mass is 9.97. The lowest BCUT2D eigenvalue weighted by Gasteiger charge is -2.38. The third kappa shape index (κ3) is 4.32. The summed E-state index contributed by atoms with van der Waals surface area (Å²) in [6.07, 6.45) is 2.06. The monoisotopic (exact) mass is 275 g/mol. The van der Waals surface area contributed by atoms with Gasteiger partial charge in [-0.1, -0.05) is 30.3 Å². The molecule has 2 rings (SSSR count). The number of carbonyl (C=O) groups is 1. The Balaban J connectivity index is 1.82. The second kappa shape index (κ2) is 7.41. The summed E-state index contributed by atoms with van der Waals surface area (Å²) in [6, 6.07) is 11.4. The van der Waals surface area contributed by atoms with Crippen molar-refractivity contribution in [2.45, 2.75) is 38.4 Å². The zero-order valence-electron chi connectivity index (χ0n) is 12.4. The lowest BCUT2D eigenvalue weighted by molar-refractivity contribution is -0.121. The van der Waals surface area contributed by atoms with Gasteiger partial charge in [0.15, 0.2) is 0 Å². The fourth-order valence-corrected chi connectivity index (χ4v) is 2.84. The highest BCUT2D eigenvalue weighted by Gasteiger charge is 2.26. The van der Waals surface area contributed by atoms with E-state index < -0.39 is 0 Å². The average molecular weight is 275 g/mol.